The lowest BCUT2D eigenvalue weighted by atomic mass is 10.0. The summed E-state index contributed by atoms with van der Waals surface area (Å²) in [5.74, 6) is 0.377. The van der Waals surface area contributed by atoms with Gasteiger partial charge in [-0.15, -0.1) is 0 Å². The molecule has 1 aromatic heterocycles. The molecule has 0 bridgehead atoms. The zero-order valence-corrected chi connectivity index (χ0v) is 11.8. The number of nitrogens with one attached hydrogen (secondary N) is 4. The number of nitrogens with zero attached hydrogens (tertiary/aromatic N) is 1. The number of amidine groups is 1. The van der Waals surface area contributed by atoms with Crippen molar-refractivity contribution in [1.29, 1.82) is 5.41 Å². The fraction of sp³-hybridized carbons (Fsp3) is 0.267. The van der Waals surface area contributed by atoms with Crippen molar-refractivity contribution in [3.05, 3.63) is 40.2 Å². The van der Waals surface area contributed by atoms with Crippen LogP contribution in [-0.4, -0.2) is 22.6 Å². The molecule has 0 saturated heterocycles. The first-order chi connectivity index (χ1) is 10.1. The summed E-state index contributed by atoms with van der Waals surface area (Å²) in [6, 6.07) is 7.67. The highest BCUT2D eigenvalue weighted by Crippen LogP contribution is 2.30. The van der Waals surface area contributed by atoms with E-state index >= 15 is 0 Å². The van der Waals surface area contributed by atoms with E-state index in [1.54, 1.807) is 6.92 Å². The monoisotopic (exact) mass is 283 g/mol. The average molecular weight is 283 g/mol. The Balaban J connectivity index is 2.08. The number of hydrogen-bond donors (Lipinski definition) is 4. The van der Waals surface area contributed by atoms with Gasteiger partial charge in [0.2, 0.25) is 0 Å². The SMILES string of the molecule is CC(=N)Nc1cccc(-c2n[nH]c(=O)c3c2NCCC3)c1. The van der Waals surface area contributed by atoms with Gasteiger partial charge in [0, 0.05) is 23.4 Å². The van der Waals surface area contributed by atoms with Crippen LogP contribution >= 0.6 is 0 Å². The van der Waals surface area contributed by atoms with E-state index in [1.807, 2.05) is 24.3 Å². The summed E-state index contributed by atoms with van der Waals surface area (Å²) in [7, 11) is 0. The van der Waals surface area contributed by atoms with E-state index in [2.05, 4.69) is 20.8 Å². The highest BCUT2D eigenvalue weighted by molar-refractivity contribution is 5.92. The minimum Gasteiger partial charge on any atom is -0.383 e. The van der Waals surface area contributed by atoms with E-state index in [0.717, 1.165) is 47.6 Å². The van der Waals surface area contributed by atoms with Crippen LogP contribution in [-0.2, 0) is 6.42 Å². The molecule has 1 aliphatic heterocycles. The van der Waals surface area contributed by atoms with Crippen LogP contribution in [0.1, 0.15) is 18.9 Å². The average Bonchev–Trinajstić information content (AvgIpc) is 2.47. The molecular weight excluding hydrogens is 266 g/mol. The molecule has 0 spiro atoms. The first-order valence-corrected chi connectivity index (χ1v) is 6.93. The second-order valence-electron chi connectivity index (χ2n) is 5.12. The molecule has 3 rings (SSSR count). The highest BCUT2D eigenvalue weighted by atomic mass is 16.1. The number of aromatic amines is 1. The number of fused-ring (bicyclic) bond motifs is 1. The number of aromatic nitrogens is 2. The predicted octanol–water partition coefficient (Wildman–Crippen LogP) is 2.20. The molecule has 0 unspecified atom stereocenters. The predicted molar refractivity (Wildman–Crippen MR) is 84.1 cm³/mol. The summed E-state index contributed by atoms with van der Waals surface area (Å²) in [5, 5.41) is 20.5. The van der Waals surface area contributed by atoms with Crippen molar-refractivity contribution in [3.8, 4) is 11.3 Å². The standard InChI is InChI=1S/C15H17N5O/c1-9(16)18-11-5-2-4-10(8-11)13-14-12(6-3-7-17-14)15(21)20-19-13/h2,4-5,8,17H,3,6-7H2,1H3,(H2,16,18)(H,20,21). The Kier molecular flexibility index (Phi) is 3.43. The maximum absolute atomic E-state index is 11.9. The Bertz CT molecular complexity index is 750. The van der Waals surface area contributed by atoms with Crippen LogP contribution in [0.5, 0.6) is 0 Å². The van der Waals surface area contributed by atoms with Gasteiger partial charge in [-0.05, 0) is 31.9 Å². The molecule has 6 nitrogen and oxygen atoms in total. The lowest BCUT2D eigenvalue weighted by molar-refractivity contribution is 0.799. The Morgan fingerprint density at radius 2 is 2.29 bits per heavy atom. The Morgan fingerprint density at radius 3 is 3.10 bits per heavy atom. The minimum atomic E-state index is -0.120. The maximum atomic E-state index is 11.9. The topological polar surface area (TPSA) is 93.7 Å². The molecular formula is C15H17N5O. The second kappa shape index (κ2) is 5.40. The number of hydrogen-bond acceptors (Lipinski definition) is 4. The number of H-pyrrole nitrogens is 1. The van der Waals surface area contributed by atoms with Crippen LogP contribution in [0.4, 0.5) is 11.4 Å². The molecule has 1 aliphatic rings. The fourth-order valence-electron chi connectivity index (χ4n) is 2.56. The van der Waals surface area contributed by atoms with E-state index in [1.165, 1.54) is 0 Å². The van der Waals surface area contributed by atoms with E-state index in [-0.39, 0.29) is 5.56 Å². The highest BCUT2D eigenvalue weighted by Gasteiger charge is 2.18. The molecule has 1 aromatic carbocycles. The van der Waals surface area contributed by atoms with E-state index in [9.17, 15) is 4.79 Å². The van der Waals surface area contributed by atoms with Crippen LogP contribution in [0, 0.1) is 5.41 Å². The van der Waals surface area contributed by atoms with Crippen molar-refractivity contribution in [3.63, 3.8) is 0 Å². The molecule has 0 radical (unpaired) electrons. The lowest BCUT2D eigenvalue weighted by Gasteiger charge is -2.19. The van der Waals surface area contributed by atoms with Gasteiger partial charge in [0.05, 0.1) is 11.5 Å². The Labute approximate surface area is 122 Å². The molecule has 0 saturated carbocycles. The van der Waals surface area contributed by atoms with E-state index in [0.29, 0.717) is 5.84 Å². The van der Waals surface area contributed by atoms with E-state index < -0.39 is 0 Å². The maximum Gasteiger partial charge on any atom is 0.269 e. The molecule has 0 fully saturated rings. The van der Waals surface area contributed by atoms with Crippen LogP contribution < -0.4 is 16.2 Å². The minimum absolute atomic E-state index is 0.120. The number of anilines is 2. The first-order valence-electron chi connectivity index (χ1n) is 6.93. The summed E-state index contributed by atoms with van der Waals surface area (Å²) >= 11 is 0. The van der Waals surface area contributed by atoms with Gasteiger partial charge in [0.15, 0.2) is 0 Å². The van der Waals surface area contributed by atoms with Crippen LogP contribution in [0.2, 0.25) is 0 Å². The van der Waals surface area contributed by atoms with Crippen molar-refractivity contribution < 1.29 is 0 Å². The molecule has 6 heteroatoms. The molecule has 4 N–H and O–H groups in total. The quantitative estimate of drug-likeness (QED) is 0.502. The summed E-state index contributed by atoms with van der Waals surface area (Å²) in [5.41, 5.74) is 3.96. The molecule has 21 heavy (non-hydrogen) atoms. The summed E-state index contributed by atoms with van der Waals surface area (Å²) in [4.78, 5) is 11.9. The van der Waals surface area contributed by atoms with Gasteiger partial charge >= 0.3 is 0 Å². The van der Waals surface area contributed by atoms with Gasteiger partial charge in [-0.2, -0.15) is 5.10 Å². The van der Waals surface area contributed by atoms with Crippen LogP contribution in [0.15, 0.2) is 29.1 Å². The third-order valence-corrected chi connectivity index (χ3v) is 3.46. The van der Waals surface area contributed by atoms with Gasteiger partial charge < -0.3 is 10.6 Å². The molecule has 0 atom stereocenters. The zero-order chi connectivity index (χ0) is 14.8. The Hall–Kier alpha value is -2.63. The summed E-state index contributed by atoms with van der Waals surface area (Å²) in [6.45, 7) is 2.54. The van der Waals surface area contributed by atoms with Gasteiger partial charge in [-0.1, -0.05) is 12.1 Å². The van der Waals surface area contributed by atoms with Crippen LogP contribution in [0.25, 0.3) is 11.3 Å². The lowest BCUT2D eigenvalue weighted by Crippen LogP contribution is -2.24. The smallest absolute Gasteiger partial charge is 0.269 e. The van der Waals surface area contributed by atoms with Gasteiger partial charge in [0.25, 0.3) is 5.56 Å². The first kappa shape index (κ1) is 13.4. The molecule has 108 valence electrons. The van der Waals surface area contributed by atoms with Crippen molar-refractivity contribution in [2.24, 2.45) is 0 Å². The van der Waals surface area contributed by atoms with Crippen molar-refractivity contribution in [2.45, 2.75) is 19.8 Å². The number of benzene rings is 1. The third-order valence-electron chi connectivity index (χ3n) is 3.46. The Morgan fingerprint density at radius 1 is 1.43 bits per heavy atom. The van der Waals surface area contributed by atoms with Crippen molar-refractivity contribution in [2.75, 3.05) is 17.2 Å². The zero-order valence-electron chi connectivity index (χ0n) is 11.8. The van der Waals surface area contributed by atoms with Gasteiger partial charge in [0.1, 0.15) is 5.69 Å². The number of rotatable bonds is 2. The van der Waals surface area contributed by atoms with Gasteiger partial charge in [-0.3, -0.25) is 10.2 Å². The summed E-state index contributed by atoms with van der Waals surface area (Å²) in [6.07, 6.45) is 1.72. The van der Waals surface area contributed by atoms with Crippen molar-refractivity contribution >= 4 is 17.2 Å². The summed E-state index contributed by atoms with van der Waals surface area (Å²) < 4.78 is 0. The largest absolute Gasteiger partial charge is 0.383 e. The molecule has 2 aromatic rings. The molecule has 0 amide bonds. The second-order valence-corrected chi connectivity index (χ2v) is 5.12. The van der Waals surface area contributed by atoms with Gasteiger partial charge in [-0.25, -0.2) is 5.10 Å². The van der Waals surface area contributed by atoms with Crippen LogP contribution in [0.3, 0.4) is 0 Å². The molecule has 0 aliphatic carbocycles. The molecule has 2 heterocycles. The van der Waals surface area contributed by atoms with E-state index in [4.69, 9.17) is 5.41 Å². The fourth-order valence-corrected chi connectivity index (χ4v) is 2.56. The third kappa shape index (κ3) is 2.65. The normalized spacial score (nSPS) is 13.2. The van der Waals surface area contributed by atoms with Crippen molar-refractivity contribution in [1.82, 2.24) is 10.2 Å².